The molecule has 3 heteroatoms. The first kappa shape index (κ1) is 17.5. The highest BCUT2D eigenvalue weighted by atomic mass is 16.5. The maximum absolute atomic E-state index is 11.7. The Bertz CT molecular complexity index is 522. The van der Waals surface area contributed by atoms with Crippen LogP contribution < -0.4 is 0 Å². The first-order valence-corrected chi connectivity index (χ1v) is 7.56. The zero-order valence-corrected chi connectivity index (χ0v) is 14.3. The molecule has 0 fully saturated rings. The Balaban J connectivity index is 3.03. The van der Waals surface area contributed by atoms with E-state index in [1.165, 1.54) is 0 Å². The Morgan fingerprint density at radius 1 is 1.24 bits per heavy atom. The highest BCUT2D eigenvalue weighted by Gasteiger charge is 2.22. The van der Waals surface area contributed by atoms with Crippen molar-refractivity contribution in [1.29, 1.82) is 0 Å². The molecule has 0 aliphatic rings. The van der Waals surface area contributed by atoms with Crippen molar-refractivity contribution in [3.63, 3.8) is 0 Å². The Labute approximate surface area is 128 Å². The van der Waals surface area contributed by atoms with Gasteiger partial charge in [-0.1, -0.05) is 26.8 Å². The summed E-state index contributed by atoms with van der Waals surface area (Å²) in [5.41, 5.74) is 3.86. The molecule has 0 spiro atoms. The molecule has 1 aromatic rings. The maximum atomic E-state index is 11.7. The van der Waals surface area contributed by atoms with Crippen molar-refractivity contribution in [2.24, 2.45) is 0 Å². The number of phenols is 1. The molecule has 0 saturated heterocycles. The molecule has 118 valence electrons. The van der Waals surface area contributed by atoms with Gasteiger partial charge in [-0.2, -0.15) is 0 Å². The third kappa shape index (κ3) is 4.48. The Morgan fingerprint density at radius 3 is 2.29 bits per heavy atom. The van der Waals surface area contributed by atoms with E-state index in [0.29, 0.717) is 18.6 Å². The smallest absolute Gasteiger partial charge is 0.306 e. The molecule has 1 N–H and O–H groups in total. The number of benzene rings is 1. The van der Waals surface area contributed by atoms with E-state index in [9.17, 15) is 9.90 Å². The largest absolute Gasteiger partial charge is 0.507 e. The lowest BCUT2D eigenvalue weighted by Crippen LogP contribution is -2.15. The van der Waals surface area contributed by atoms with Crippen LogP contribution in [0.15, 0.2) is 6.07 Å². The maximum Gasteiger partial charge on any atom is 0.306 e. The lowest BCUT2D eigenvalue weighted by Gasteiger charge is -2.24. The minimum absolute atomic E-state index is 0.0784. The standard InChI is InChI=1S/C18H28O3/c1-11(2)21-16(19)9-8-14-10-15(18(5,6)7)17(20)13(4)12(14)3/h10-11,20H,8-9H2,1-7H3. The van der Waals surface area contributed by atoms with Gasteiger partial charge in [0.15, 0.2) is 0 Å². The summed E-state index contributed by atoms with van der Waals surface area (Å²) < 4.78 is 5.17. The van der Waals surface area contributed by atoms with Crippen LogP contribution in [0.4, 0.5) is 0 Å². The second kappa shape index (κ2) is 6.50. The Morgan fingerprint density at radius 2 is 1.81 bits per heavy atom. The van der Waals surface area contributed by atoms with Crippen molar-refractivity contribution < 1.29 is 14.6 Å². The van der Waals surface area contributed by atoms with Gasteiger partial charge in [-0.05, 0) is 61.8 Å². The van der Waals surface area contributed by atoms with Crippen LogP contribution in [-0.2, 0) is 21.4 Å². The first-order valence-electron chi connectivity index (χ1n) is 7.56. The fourth-order valence-electron chi connectivity index (χ4n) is 2.36. The van der Waals surface area contributed by atoms with Crippen LogP contribution in [-0.4, -0.2) is 17.2 Å². The van der Waals surface area contributed by atoms with Crippen LogP contribution in [0, 0.1) is 13.8 Å². The normalized spacial score (nSPS) is 11.8. The van der Waals surface area contributed by atoms with Crippen molar-refractivity contribution >= 4 is 5.97 Å². The molecule has 3 nitrogen and oxygen atoms in total. The average molecular weight is 292 g/mol. The van der Waals surface area contributed by atoms with E-state index in [1.54, 1.807) is 0 Å². The van der Waals surface area contributed by atoms with E-state index in [0.717, 1.165) is 22.3 Å². The topological polar surface area (TPSA) is 46.5 Å². The first-order chi connectivity index (χ1) is 9.54. The van der Waals surface area contributed by atoms with E-state index in [1.807, 2.05) is 33.8 Å². The molecule has 1 rings (SSSR count). The third-order valence-electron chi connectivity index (χ3n) is 3.75. The molecule has 0 atom stereocenters. The summed E-state index contributed by atoms with van der Waals surface area (Å²) in [6.07, 6.45) is 0.930. The van der Waals surface area contributed by atoms with E-state index in [-0.39, 0.29) is 17.5 Å². The van der Waals surface area contributed by atoms with Gasteiger partial charge in [0.05, 0.1) is 6.10 Å². The summed E-state index contributed by atoms with van der Waals surface area (Å²) in [7, 11) is 0. The second-order valence-electron chi connectivity index (χ2n) is 6.97. The predicted octanol–water partition coefficient (Wildman–Crippen LogP) is 4.19. The van der Waals surface area contributed by atoms with Gasteiger partial charge in [-0.15, -0.1) is 0 Å². The van der Waals surface area contributed by atoms with Crippen LogP contribution >= 0.6 is 0 Å². The molecular weight excluding hydrogens is 264 g/mol. The minimum atomic E-state index is -0.174. The molecule has 21 heavy (non-hydrogen) atoms. The number of carbonyl (C=O) groups excluding carboxylic acids is 1. The molecule has 0 unspecified atom stereocenters. The molecule has 0 saturated carbocycles. The number of aromatic hydroxyl groups is 1. The summed E-state index contributed by atoms with van der Waals surface area (Å²) >= 11 is 0. The molecule has 0 heterocycles. The van der Waals surface area contributed by atoms with Gasteiger partial charge in [0.1, 0.15) is 5.75 Å². The van der Waals surface area contributed by atoms with Crippen molar-refractivity contribution in [3.05, 3.63) is 28.3 Å². The van der Waals surface area contributed by atoms with Crippen molar-refractivity contribution in [1.82, 2.24) is 0 Å². The van der Waals surface area contributed by atoms with Gasteiger partial charge >= 0.3 is 5.97 Å². The van der Waals surface area contributed by atoms with Gasteiger partial charge in [-0.25, -0.2) is 0 Å². The van der Waals surface area contributed by atoms with Gasteiger partial charge < -0.3 is 9.84 Å². The third-order valence-corrected chi connectivity index (χ3v) is 3.75. The van der Waals surface area contributed by atoms with Gasteiger partial charge in [-0.3, -0.25) is 4.79 Å². The van der Waals surface area contributed by atoms with Crippen LogP contribution in [0.25, 0.3) is 0 Å². The molecule has 0 radical (unpaired) electrons. The fourth-order valence-corrected chi connectivity index (χ4v) is 2.36. The summed E-state index contributed by atoms with van der Waals surface area (Å²) in [5.74, 6) is 0.195. The lowest BCUT2D eigenvalue weighted by molar-refractivity contribution is -0.147. The molecular formula is C18H28O3. The summed E-state index contributed by atoms with van der Waals surface area (Å²) in [4.78, 5) is 11.7. The molecule has 0 amide bonds. The molecule has 0 aliphatic heterocycles. The van der Waals surface area contributed by atoms with Crippen molar-refractivity contribution in [3.8, 4) is 5.75 Å². The minimum Gasteiger partial charge on any atom is -0.507 e. The number of carbonyl (C=O) groups is 1. The number of esters is 1. The highest BCUT2D eigenvalue weighted by Crippen LogP contribution is 2.36. The van der Waals surface area contributed by atoms with Gasteiger partial charge in [0, 0.05) is 6.42 Å². The van der Waals surface area contributed by atoms with Gasteiger partial charge in [0.2, 0.25) is 0 Å². The second-order valence-corrected chi connectivity index (χ2v) is 6.97. The Kier molecular flexibility index (Phi) is 5.43. The quantitative estimate of drug-likeness (QED) is 0.846. The molecule has 1 aromatic carbocycles. The van der Waals surface area contributed by atoms with Crippen LogP contribution in [0.3, 0.4) is 0 Å². The summed E-state index contributed by atoms with van der Waals surface area (Å²) in [5, 5.41) is 10.3. The summed E-state index contributed by atoms with van der Waals surface area (Å²) in [6, 6.07) is 2.03. The van der Waals surface area contributed by atoms with Crippen LogP contribution in [0.1, 0.15) is 63.3 Å². The van der Waals surface area contributed by atoms with Crippen molar-refractivity contribution in [2.75, 3.05) is 0 Å². The zero-order valence-electron chi connectivity index (χ0n) is 14.3. The fraction of sp³-hybridized carbons (Fsp3) is 0.611. The average Bonchev–Trinajstić information content (AvgIpc) is 2.32. The molecule has 0 aliphatic carbocycles. The number of hydrogen-bond acceptors (Lipinski definition) is 3. The number of aryl methyl sites for hydroxylation is 1. The van der Waals surface area contributed by atoms with E-state index >= 15 is 0 Å². The van der Waals surface area contributed by atoms with Crippen LogP contribution in [0.5, 0.6) is 5.75 Å². The van der Waals surface area contributed by atoms with E-state index < -0.39 is 0 Å². The highest BCUT2D eigenvalue weighted by molar-refractivity contribution is 5.70. The SMILES string of the molecule is Cc1c(CCC(=O)OC(C)C)cc(C(C)(C)C)c(O)c1C. The number of hydrogen-bond donors (Lipinski definition) is 1. The lowest BCUT2D eigenvalue weighted by atomic mass is 9.82. The summed E-state index contributed by atoms with van der Waals surface area (Å²) in [6.45, 7) is 13.9. The monoisotopic (exact) mass is 292 g/mol. The molecule has 0 bridgehead atoms. The van der Waals surface area contributed by atoms with Gasteiger partial charge in [0.25, 0.3) is 0 Å². The van der Waals surface area contributed by atoms with Crippen molar-refractivity contribution in [2.45, 2.75) is 72.8 Å². The van der Waals surface area contributed by atoms with E-state index in [4.69, 9.17) is 4.74 Å². The number of phenolic OH excluding ortho intramolecular Hbond substituents is 1. The predicted molar refractivity (Wildman–Crippen MR) is 85.8 cm³/mol. The van der Waals surface area contributed by atoms with Crippen LogP contribution in [0.2, 0.25) is 0 Å². The molecule has 0 aromatic heterocycles. The Hall–Kier alpha value is -1.51. The zero-order chi connectivity index (χ0) is 16.4. The van der Waals surface area contributed by atoms with E-state index in [2.05, 4.69) is 20.8 Å². The number of ether oxygens (including phenoxy) is 1. The number of rotatable bonds is 4.